The van der Waals surface area contributed by atoms with Crippen LogP contribution in [0.25, 0.3) is 6.08 Å². The summed E-state index contributed by atoms with van der Waals surface area (Å²) in [5.41, 5.74) is 0.698. The minimum Gasteiger partial charge on any atom is -0.469 e. The van der Waals surface area contributed by atoms with Gasteiger partial charge in [0.25, 0.3) is 0 Å². The molecule has 0 saturated carbocycles. The molecule has 1 amide bonds. The summed E-state index contributed by atoms with van der Waals surface area (Å²) in [6.45, 7) is 1.99. The van der Waals surface area contributed by atoms with Gasteiger partial charge in [-0.15, -0.1) is 0 Å². The molecule has 0 saturated heterocycles. The predicted molar refractivity (Wildman–Crippen MR) is 84.3 cm³/mol. The van der Waals surface area contributed by atoms with E-state index in [0.717, 1.165) is 0 Å². The molecule has 114 valence electrons. The third-order valence-electron chi connectivity index (χ3n) is 2.90. The van der Waals surface area contributed by atoms with Gasteiger partial charge in [-0.2, -0.15) is 0 Å². The lowest BCUT2D eigenvalue weighted by Crippen LogP contribution is -2.33. The third kappa shape index (κ3) is 5.40. The van der Waals surface area contributed by atoms with Crippen molar-refractivity contribution in [1.82, 2.24) is 4.90 Å². The van der Waals surface area contributed by atoms with Crippen LogP contribution in [-0.2, 0) is 14.3 Å². The van der Waals surface area contributed by atoms with E-state index in [9.17, 15) is 9.59 Å². The second kappa shape index (κ2) is 8.05. The fourth-order valence-electron chi connectivity index (χ4n) is 1.70. The first-order chi connectivity index (χ1) is 9.85. The Bertz CT molecular complexity index is 558. The summed E-state index contributed by atoms with van der Waals surface area (Å²) in [4.78, 5) is 24.7. The summed E-state index contributed by atoms with van der Waals surface area (Å²) in [7, 11) is 2.94. The standard InChI is InChI=1S/C15H17Cl2NO3/c1-10(15(20)21-3)9-18(2)14(19)7-5-11-4-6-12(16)8-13(11)17/h4-8,10H,9H2,1-3H3. The summed E-state index contributed by atoms with van der Waals surface area (Å²) >= 11 is 11.8. The van der Waals surface area contributed by atoms with E-state index in [4.69, 9.17) is 23.2 Å². The van der Waals surface area contributed by atoms with Crippen LogP contribution in [0, 0.1) is 5.92 Å². The average molecular weight is 330 g/mol. The molecule has 21 heavy (non-hydrogen) atoms. The number of esters is 1. The summed E-state index contributed by atoms with van der Waals surface area (Å²) in [6.07, 6.45) is 3.01. The number of ether oxygens (including phenoxy) is 1. The minimum absolute atomic E-state index is 0.225. The Morgan fingerprint density at radius 1 is 1.38 bits per heavy atom. The van der Waals surface area contributed by atoms with Gasteiger partial charge < -0.3 is 9.64 Å². The Morgan fingerprint density at radius 3 is 2.62 bits per heavy atom. The Kier molecular flexibility index (Phi) is 6.72. The van der Waals surface area contributed by atoms with Crippen LogP contribution in [0.5, 0.6) is 0 Å². The lowest BCUT2D eigenvalue weighted by atomic mass is 10.1. The van der Waals surface area contributed by atoms with E-state index < -0.39 is 0 Å². The minimum atomic E-state index is -0.378. The summed E-state index contributed by atoms with van der Waals surface area (Å²) in [6, 6.07) is 5.03. The van der Waals surface area contributed by atoms with E-state index in [1.807, 2.05) is 0 Å². The molecule has 1 rings (SSSR count). The zero-order valence-corrected chi connectivity index (χ0v) is 13.6. The molecule has 1 atom stereocenters. The number of likely N-dealkylation sites (N-methyl/N-ethyl adjacent to an activating group) is 1. The van der Waals surface area contributed by atoms with Gasteiger partial charge in [0.1, 0.15) is 0 Å². The number of hydrogen-bond acceptors (Lipinski definition) is 3. The van der Waals surface area contributed by atoms with Gasteiger partial charge in [0, 0.05) is 29.7 Å². The second-order valence-corrected chi connectivity index (χ2v) is 5.49. The lowest BCUT2D eigenvalue weighted by Gasteiger charge is -2.18. The maximum atomic E-state index is 12.0. The Morgan fingerprint density at radius 2 is 2.05 bits per heavy atom. The van der Waals surface area contributed by atoms with Crippen molar-refractivity contribution in [2.45, 2.75) is 6.92 Å². The highest BCUT2D eigenvalue weighted by atomic mass is 35.5. The largest absolute Gasteiger partial charge is 0.469 e. The normalized spacial score (nSPS) is 12.2. The van der Waals surface area contributed by atoms with Crippen LogP contribution in [0.1, 0.15) is 12.5 Å². The molecule has 0 radical (unpaired) electrons. The SMILES string of the molecule is COC(=O)C(C)CN(C)C(=O)C=Cc1ccc(Cl)cc1Cl. The second-order valence-electron chi connectivity index (χ2n) is 4.64. The van der Waals surface area contributed by atoms with Crippen LogP contribution in [0.3, 0.4) is 0 Å². The Hall–Kier alpha value is -1.52. The first-order valence-corrected chi connectivity index (χ1v) is 7.06. The molecular formula is C15H17Cl2NO3. The maximum Gasteiger partial charge on any atom is 0.310 e. The first-order valence-electron chi connectivity index (χ1n) is 6.31. The third-order valence-corrected chi connectivity index (χ3v) is 3.46. The van der Waals surface area contributed by atoms with E-state index in [-0.39, 0.29) is 24.3 Å². The highest BCUT2D eigenvalue weighted by Gasteiger charge is 2.17. The van der Waals surface area contributed by atoms with Crippen molar-refractivity contribution in [3.63, 3.8) is 0 Å². The molecule has 0 heterocycles. The van der Waals surface area contributed by atoms with E-state index in [2.05, 4.69) is 4.74 Å². The number of nitrogens with zero attached hydrogens (tertiary/aromatic N) is 1. The van der Waals surface area contributed by atoms with Gasteiger partial charge in [-0.05, 0) is 23.8 Å². The maximum absolute atomic E-state index is 12.0. The number of amides is 1. The highest BCUT2D eigenvalue weighted by Crippen LogP contribution is 2.22. The zero-order chi connectivity index (χ0) is 16.0. The smallest absolute Gasteiger partial charge is 0.310 e. The van der Waals surface area contributed by atoms with E-state index in [1.165, 1.54) is 18.1 Å². The van der Waals surface area contributed by atoms with Crippen LogP contribution in [0.15, 0.2) is 24.3 Å². The van der Waals surface area contributed by atoms with Crippen molar-refractivity contribution in [2.24, 2.45) is 5.92 Å². The van der Waals surface area contributed by atoms with E-state index in [0.29, 0.717) is 15.6 Å². The fourth-order valence-corrected chi connectivity index (χ4v) is 2.17. The van der Waals surface area contributed by atoms with Crippen LogP contribution < -0.4 is 0 Å². The molecule has 6 heteroatoms. The van der Waals surface area contributed by atoms with Crippen LogP contribution in [0.2, 0.25) is 10.0 Å². The molecule has 0 bridgehead atoms. The van der Waals surface area contributed by atoms with Gasteiger partial charge in [0.15, 0.2) is 0 Å². The lowest BCUT2D eigenvalue weighted by molar-refractivity contribution is -0.145. The molecule has 0 spiro atoms. The van der Waals surface area contributed by atoms with Gasteiger partial charge in [-0.25, -0.2) is 0 Å². The van der Waals surface area contributed by atoms with Crippen molar-refractivity contribution < 1.29 is 14.3 Å². The summed E-state index contributed by atoms with van der Waals surface area (Å²) in [5.74, 6) is -0.951. The Labute approximate surface area is 134 Å². The molecule has 0 fully saturated rings. The first kappa shape index (κ1) is 17.5. The molecule has 0 aliphatic carbocycles. The molecule has 1 aromatic carbocycles. The predicted octanol–water partition coefficient (Wildman–Crippen LogP) is 3.27. The number of methoxy groups -OCH3 is 1. The zero-order valence-electron chi connectivity index (χ0n) is 12.1. The van der Waals surface area contributed by atoms with Crippen LogP contribution >= 0.6 is 23.2 Å². The van der Waals surface area contributed by atoms with E-state index in [1.54, 1.807) is 38.2 Å². The fraction of sp³-hybridized carbons (Fsp3) is 0.333. The molecule has 1 unspecified atom stereocenters. The number of hydrogen-bond donors (Lipinski definition) is 0. The Balaban J connectivity index is 2.67. The van der Waals surface area contributed by atoms with Gasteiger partial charge in [0.05, 0.1) is 13.0 Å². The molecule has 1 aromatic rings. The van der Waals surface area contributed by atoms with Crippen molar-refractivity contribution in [3.8, 4) is 0 Å². The summed E-state index contributed by atoms with van der Waals surface area (Å²) < 4.78 is 4.62. The van der Waals surface area contributed by atoms with Crippen LogP contribution in [0.4, 0.5) is 0 Å². The van der Waals surface area contributed by atoms with Gasteiger partial charge in [0.2, 0.25) is 5.91 Å². The van der Waals surface area contributed by atoms with E-state index >= 15 is 0 Å². The van der Waals surface area contributed by atoms with Gasteiger partial charge in [-0.3, -0.25) is 9.59 Å². The molecule has 0 aromatic heterocycles. The summed E-state index contributed by atoms with van der Waals surface area (Å²) in [5, 5.41) is 1.00. The average Bonchev–Trinajstić information content (AvgIpc) is 2.44. The monoisotopic (exact) mass is 329 g/mol. The highest BCUT2D eigenvalue weighted by molar-refractivity contribution is 6.35. The van der Waals surface area contributed by atoms with Crippen molar-refractivity contribution in [3.05, 3.63) is 39.9 Å². The quantitative estimate of drug-likeness (QED) is 0.615. The molecular weight excluding hydrogens is 313 g/mol. The molecule has 4 nitrogen and oxygen atoms in total. The number of benzene rings is 1. The van der Waals surface area contributed by atoms with Crippen molar-refractivity contribution in [1.29, 1.82) is 0 Å². The van der Waals surface area contributed by atoms with Gasteiger partial charge in [-0.1, -0.05) is 36.2 Å². The van der Waals surface area contributed by atoms with Crippen molar-refractivity contribution >= 4 is 41.2 Å². The van der Waals surface area contributed by atoms with Gasteiger partial charge >= 0.3 is 5.97 Å². The number of halogens is 2. The number of carbonyl (C=O) groups is 2. The molecule has 0 aliphatic heterocycles. The molecule has 0 N–H and O–H groups in total. The van der Waals surface area contributed by atoms with Crippen LogP contribution in [-0.4, -0.2) is 37.5 Å². The van der Waals surface area contributed by atoms with Crippen molar-refractivity contribution in [2.75, 3.05) is 20.7 Å². The topological polar surface area (TPSA) is 46.6 Å². The molecule has 0 aliphatic rings. The number of carbonyl (C=O) groups excluding carboxylic acids is 2. The number of rotatable bonds is 5.